The van der Waals surface area contributed by atoms with Crippen molar-refractivity contribution in [3.63, 3.8) is 0 Å². The van der Waals surface area contributed by atoms with E-state index in [1.165, 1.54) is 14.2 Å². The molecule has 0 fully saturated rings. The van der Waals surface area contributed by atoms with E-state index in [1.54, 1.807) is 19.2 Å². The lowest BCUT2D eigenvalue weighted by Crippen LogP contribution is -2.46. The summed E-state index contributed by atoms with van der Waals surface area (Å²) < 4.78 is 15.8. The van der Waals surface area contributed by atoms with E-state index in [0.717, 1.165) is 11.3 Å². The minimum atomic E-state index is -1.14. The standard InChI is InChI=1S/C13H16O4/c1-15-11-6-4-5-10-9(11)7-8-13(16-2,17-3)12(10)14/h4-6H,7-8H2,1-3H3. The van der Waals surface area contributed by atoms with Gasteiger partial charge in [0.1, 0.15) is 5.75 Å². The van der Waals surface area contributed by atoms with Gasteiger partial charge in [-0.2, -0.15) is 0 Å². The zero-order valence-electron chi connectivity index (χ0n) is 10.3. The van der Waals surface area contributed by atoms with E-state index in [2.05, 4.69) is 0 Å². The summed E-state index contributed by atoms with van der Waals surface area (Å²) in [5.74, 6) is -0.529. The topological polar surface area (TPSA) is 44.8 Å². The van der Waals surface area contributed by atoms with E-state index in [0.29, 0.717) is 18.4 Å². The summed E-state index contributed by atoms with van der Waals surface area (Å²) in [7, 11) is 4.59. The van der Waals surface area contributed by atoms with E-state index in [-0.39, 0.29) is 5.78 Å². The molecule has 17 heavy (non-hydrogen) atoms. The fraction of sp³-hybridized carbons (Fsp3) is 0.462. The Bertz CT molecular complexity index is 435. The molecule has 1 aliphatic rings. The average Bonchev–Trinajstić information content (AvgIpc) is 2.39. The third kappa shape index (κ3) is 1.73. The fourth-order valence-corrected chi connectivity index (χ4v) is 2.31. The van der Waals surface area contributed by atoms with Crippen LogP contribution >= 0.6 is 0 Å². The Balaban J connectivity index is 2.50. The lowest BCUT2D eigenvalue weighted by Gasteiger charge is -2.34. The normalized spacial score (nSPS) is 17.7. The number of ether oxygens (including phenoxy) is 3. The molecule has 0 saturated heterocycles. The van der Waals surface area contributed by atoms with Crippen LogP contribution in [0.25, 0.3) is 0 Å². The molecule has 1 aliphatic carbocycles. The van der Waals surface area contributed by atoms with Crippen LogP contribution < -0.4 is 4.74 Å². The molecule has 2 rings (SSSR count). The van der Waals surface area contributed by atoms with Crippen molar-refractivity contribution in [2.75, 3.05) is 21.3 Å². The minimum absolute atomic E-state index is 0.136. The second-order valence-corrected chi connectivity index (χ2v) is 3.98. The first kappa shape index (κ1) is 12.1. The lowest BCUT2D eigenvalue weighted by molar-refractivity contribution is -0.174. The maximum absolute atomic E-state index is 12.4. The van der Waals surface area contributed by atoms with Gasteiger partial charge in [-0.1, -0.05) is 12.1 Å². The van der Waals surface area contributed by atoms with Crippen LogP contribution in [0.3, 0.4) is 0 Å². The molecule has 4 heteroatoms. The summed E-state index contributed by atoms with van der Waals surface area (Å²) >= 11 is 0. The molecule has 0 N–H and O–H groups in total. The van der Waals surface area contributed by atoms with Gasteiger partial charge in [-0.3, -0.25) is 4.79 Å². The van der Waals surface area contributed by atoms with Crippen LogP contribution in [0.2, 0.25) is 0 Å². The zero-order chi connectivity index (χ0) is 12.5. The first-order valence-corrected chi connectivity index (χ1v) is 5.49. The maximum atomic E-state index is 12.4. The number of methoxy groups -OCH3 is 3. The number of carbonyl (C=O) groups excluding carboxylic acids is 1. The number of Topliss-reactive ketones (excluding diaryl/α,β-unsaturated/α-hetero) is 1. The Morgan fingerprint density at radius 1 is 1.18 bits per heavy atom. The predicted octanol–water partition coefficient (Wildman–Crippen LogP) is 1.81. The average molecular weight is 236 g/mol. The monoisotopic (exact) mass is 236 g/mol. The van der Waals surface area contributed by atoms with Gasteiger partial charge >= 0.3 is 0 Å². The number of fused-ring (bicyclic) bond motifs is 1. The van der Waals surface area contributed by atoms with Crippen LogP contribution in [-0.2, 0) is 15.9 Å². The number of rotatable bonds is 3. The van der Waals surface area contributed by atoms with Crippen molar-refractivity contribution >= 4 is 5.78 Å². The highest BCUT2D eigenvalue weighted by Crippen LogP contribution is 2.35. The van der Waals surface area contributed by atoms with Crippen molar-refractivity contribution in [1.82, 2.24) is 0 Å². The van der Waals surface area contributed by atoms with E-state index in [1.807, 2.05) is 6.07 Å². The van der Waals surface area contributed by atoms with Crippen LogP contribution in [0.15, 0.2) is 18.2 Å². The minimum Gasteiger partial charge on any atom is -0.496 e. The van der Waals surface area contributed by atoms with Crippen LogP contribution in [0.4, 0.5) is 0 Å². The number of hydrogen-bond acceptors (Lipinski definition) is 4. The van der Waals surface area contributed by atoms with Gasteiger partial charge < -0.3 is 14.2 Å². The number of hydrogen-bond donors (Lipinski definition) is 0. The number of ketones is 1. The van der Waals surface area contributed by atoms with Gasteiger partial charge in [0, 0.05) is 31.8 Å². The number of carbonyl (C=O) groups is 1. The summed E-state index contributed by atoms with van der Waals surface area (Å²) in [5, 5.41) is 0. The molecule has 0 aliphatic heterocycles. The quantitative estimate of drug-likeness (QED) is 0.751. The maximum Gasteiger partial charge on any atom is 0.233 e. The van der Waals surface area contributed by atoms with Crippen molar-refractivity contribution in [2.24, 2.45) is 0 Å². The highest BCUT2D eigenvalue weighted by molar-refractivity contribution is 6.04. The smallest absolute Gasteiger partial charge is 0.233 e. The molecule has 0 aromatic heterocycles. The van der Waals surface area contributed by atoms with E-state index >= 15 is 0 Å². The summed E-state index contributed by atoms with van der Waals surface area (Å²) in [4.78, 5) is 12.4. The Hall–Kier alpha value is -1.39. The molecule has 0 atom stereocenters. The van der Waals surface area contributed by atoms with Crippen molar-refractivity contribution in [3.8, 4) is 5.75 Å². The highest BCUT2D eigenvalue weighted by Gasteiger charge is 2.44. The second kappa shape index (κ2) is 4.47. The zero-order valence-corrected chi connectivity index (χ0v) is 10.3. The number of benzene rings is 1. The first-order chi connectivity index (χ1) is 8.18. The van der Waals surface area contributed by atoms with Crippen LogP contribution in [0, 0.1) is 0 Å². The largest absolute Gasteiger partial charge is 0.496 e. The van der Waals surface area contributed by atoms with Crippen molar-refractivity contribution in [3.05, 3.63) is 29.3 Å². The van der Waals surface area contributed by atoms with E-state index in [9.17, 15) is 4.79 Å². The summed E-state index contributed by atoms with van der Waals surface area (Å²) in [5.41, 5.74) is 1.56. The molecule has 1 aromatic rings. The van der Waals surface area contributed by atoms with Crippen molar-refractivity contribution < 1.29 is 19.0 Å². The van der Waals surface area contributed by atoms with Gasteiger partial charge in [-0.15, -0.1) is 0 Å². The van der Waals surface area contributed by atoms with E-state index in [4.69, 9.17) is 14.2 Å². The molecule has 0 radical (unpaired) electrons. The van der Waals surface area contributed by atoms with Gasteiger partial charge in [0.05, 0.1) is 7.11 Å². The van der Waals surface area contributed by atoms with Gasteiger partial charge in [-0.05, 0) is 12.5 Å². The Kier molecular flexibility index (Phi) is 3.17. The fourth-order valence-electron chi connectivity index (χ4n) is 2.31. The van der Waals surface area contributed by atoms with Crippen molar-refractivity contribution in [2.45, 2.75) is 18.6 Å². The molecule has 4 nitrogen and oxygen atoms in total. The predicted molar refractivity (Wildman–Crippen MR) is 62.4 cm³/mol. The highest BCUT2D eigenvalue weighted by atomic mass is 16.7. The second-order valence-electron chi connectivity index (χ2n) is 3.98. The van der Waals surface area contributed by atoms with Crippen molar-refractivity contribution in [1.29, 1.82) is 0 Å². The summed E-state index contributed by atoms with van der Waals surface area (Å²) in [6.07, 6.45) is 1.21. The Labute approximate surface area is 100 Å². The summed E-state index contributed by atoms with van der Waals surface area (Å²) in [6, 6.07) is 5.45. The van der Waals surface area contributed by atoms with Crippen LogP contribution in [0.1, 0.15) is 22.3 Å². The van der Waals surface area contributed by atoms with Gasteiger partial charge in [0.2, 0.25) is 11.6 Å². The van der Waals surface area contributed by atoms with Gasteiger partial charge in [-0.25, -0.2) is 0 Å². The van der Waals surface area contributed by atoms with Gasteiger partial charge in [0.25, 0.3) is 0 Å². The molecule has 0 bridgehead atoms. The molecule has 1 aromatic carbocycles. The Morgan fingerprint density at radius 2 is 1.88 bits per heavy atom. The molecular formula is C13H16O4. The van der Waals surface area contributed by atoms with Crippen LogP contribution in [-0.4, -0.2) is 32.9 Å². The third-order valence-electron chi connectivity index (χ3n) is 3.31. The lowest BCUT2D eigenvalue weighted by atomic mass is 9.85. The summed E-state index contributed by atoms with van der Waals surface area (Å²) in [6.45, 7) is 0. The van der Waals surface area contributed by atoms with Gasteiger partial charge in [0.15, 0.2) is 0 Å². The van der Waals surface area contributed by atoms with E-state index < -0.39 is 5.79 Å². The first-order valence-electron chi connectivity index (χ1n) is 5.49. The third-order valence-corrected chi connectivity index (χ3v) is 3.31. The van der Waals surface area contributed by atoms with Crippen LogP contribution in [0.5, 0.6) is 5.75 Å². The molecule has 0 unspecified atom stereocenters. The Morgan fingerprint density at radius 3 is 2.47 bits per heavy atom. The molecule has 0 amide bonds. The molecule has 92 valence electrons. The molecule has 0 heterocycles. The molecule has 0 saturated carbocycles. The SMILES string of the molecule is COc1cccc2c1CCC(OC)(OC)C2=O. The molecule has 0 spiro atoms. The molecular weight excluding hydrogens is 220 g/mol.